The van der Waals surface area contributed by atoms with E-state index in [-0.39, 0.29) is 25.0 Å². The van der Waals surface area contributed by atoms with Gasteiger partial charge in [0.1, 0.15) is 0 Å². The van der Waals surface area contributed by atoms with Gasteiger partial charge in [-0.3, -0.25) is 4.79 Å². The van der Waals surface area contributed by atoms with Gasteiger partial charge < -0.3 is 4.90 Å². The largest absolute Gasteiger partial charge is 0.336 e. The van der Waals surface area contributed by atoms with Crippen LogP contribution in [0.1, 0.15) is 60.3 Å². The van der Waals surface area contributed by atoms with Crippen LogP contribution in [0.25, 0.3) is 17.1 Å². The molecule has 5 rings (SSSR count). The molecule has 0 N–H and O–H groups in total. The molecular weight excluding hydrogens is 450 g/mol. The van der Waals surface area contributed by atoms with Crippen molar-refractivity contribution in [2.45, 2.75) is 38.6 Å². The second-order valence-corrected chi connectivity index (χ2v) is 11.1. The van der Waals surface area contributed by atoms with Crippen LogP contribution in [0.15, 0.2) is 48.0 Å². The third kappa shape index (κ3) is 4.50. The van der Waals surface area contributed by atoms with Gasteiger partial charge in [-0.05, 0) is 44.4 Å². The molecule has 178 valence electrons. The topological polar surface area (TPSA) is 88.4 Å². The Hall–Kier alpha value is -3.04. The molecule has 8 nitrogen and oxygen atoms in total. The summed E-state index contributed by atoms with van der Waals surface area (Å²) in [6, 6.07) is 11.4. The van der Waals surface area contributed by atoms with Gasteiger partial charge >= 0.3 is 0 Å². The molecule has 0 bridgehead atoms. The van der Waals surface area contributed by atoms with Crippen LogP contribution in [0.4, 0.5) is 0 Å². The lowest BCUT2D eigenvalue weighted by Crippen LogP contribution is -2.50. The lowest BCUT2D eigenvalue weighted by atomic mass is 10.1. The number of pyridine rings is 1. The quantitative estimate of drug-likeness (QED) is 0.539. The normalized spacial score (nSPS) is 17.8. The Balaban J connectivity index is 1.34. The fourth-order valence-corrected chi connectivity index (χ4v) is 5.48. The Morgan fingerprint density at radius 3 is 2.44 bits per heavy atom. The first-order chi connectivity index (χ1) is 16.3. The van der Waals surface area contributed by atoms with Crippen molar-refractivity contribution in [3.63, 3.8) is 0 Å². The summed E-state index contributed by atoms with van der Waals surface area (Å²) in [5.41, 5.74) is 3.13. The van der Waals surface area contributed by atoms with Crippen LogP contribution in [0.3, 0.4) is 0 Å². The Bertz CT molecular complexity index is 1340. The predicted octanol–water partition coefficient (Wildman–Crippen LogP) is 3.65. The zero-order valence-electron chi connectivity index (χ0n) is 19.5. The Morgan fingerprint density at radius 2 is 1.79 bits per heavy atom. The summed E-state index contributed by atoms with van der Waals surface area (Å²) < 4.78 is 28.9. The highest BCUT2D eigenvalue weighted by Gasteiger charge is 2.32. The molecule has 9 heteroatoms. The summed E-state index contributed by atoms with van der Waals surface area (Å²) in [6.45, 7) is 5.32. The van der Waals surface area contributed by atoms with E-state index in [9.17, 15) is 13.2 Å². The predicted molar refractivity (Wildman–Crippen MR) is 132 cm³/mol. The molecule has 2 aromatic heterocycles. The number of amides is 1. The smallest absolute Gasteiger partial charge is 0.254 e. The maximum atomic E-state index is 13.5. The fraction of sp³-hybridized carbons (Fsp3) is 0.400. The molecule has 1 saturated heterocycles. The number of piperazine rings is 1. The number of carbonyl (C=O) groups excluding carboxylic acids is 1. The molecule has 34 heavy (non-hydrogen) atoms. The molecule has 2 aliphatic rings. The molecule has 1 saturated carbocycles. The molecule has 1 aliphatic carbocycles. The first-order valence-electron chi connectivity index (χ1n) is 11.7. The number of nitrogens with zero attached hydrogens (tertiary/aromatic N) is 5. The van der Waals surface area contributed by atoms with Gasteiger partial charge in [-0.15, -0.1) is 0 Å². The maximum absolute atomic E-state index is 13.5. The minimum Gasteiger partial charge on any atom is -0.336 e. The SMILES string of the molecule is CC(C)n1ncc2c(C(=O)N3CCN(S(=O)(=O)/C=C/c4ccccc4)CC3)cc(C3CC3)nc21. The summed E-state index contributed by atoms with van der Waals surface area (Å²) in [7, 11) is -3.55. The van der Waals surface area contributed by atoms with Gasteiger partial charge in [0.25, 0.3) is 5.91 Å². The van der Waals surface area contributed by atoms with Gasteiger partial charge in [-0.2, -0.15) is 9.40 Å². The Labute approximate surface area is 199 Å². The number of benzene rings is 1. The van der Waals surface area contributed by atoms with Crippen molar-refractivity contribution < 1.29 is 13.2 Å². The first-order valence-corrected chi connectivity index (χ1v) is 13.2. The first kappa shape index (κ1) is 22.7. The monoisotopic (exact) mass is 479 g/mol. The fourth-order valence-electron chi connectivity index (χ4n) is 4.31. The van der Waals surface area contributed by atoms with Crippen molar-refractivity contribution in [2.24, 2.45) is 0 Å². The standard InChI is InChI=1S/C25H29N5O3S/c1-18(2)30-24-22(17-26-30)21(16-23(27-24)20-8-9-20)25(31)28-11-13-29(14-12-28)34(32,33)15-10-19-6-4-3-5-7-19/h3-7,10,15-18,20H,8-9,11-14H2,1-2H3/b15-10+. The van der Waals surface area contributed by atoms with Gasteiger partial charge in [0.05, 0.1) is 17.1 Å². The van der Waals surface area contributed by atoms with E-state index in [2.05, 4.69) is 5.10 Å². The summed E-state index contributed by atoms with van der Waals surface area (Å²) in [6.07, 6.45) is 5.51. The summed E-state index contributed by atoms with van der Waals surface area (Å²) >= 11 is 0. The summed E-state index contributed by atoms with van der Waals surface area (Å²) in [4.78, 5) is 20.1. The van der Waals surface area contributed by atoms with E-state index in [0.29, 0.717) is 24.6 Å². The number of aromatic nitrogens is 3. The second-order valence-electron chi connectivity index (χ2n) is 9.24. The zero-order chi connectivity index (χ0) is 23.9. The van der Waals surface area contributed by atoms with Crippen molar-refractivity contribution in [3.8, 4) is 0 Å². The van der Waals surface area contributed by atoms with Crippen molar-refractivity contribution in [1.82, 2.24) is 24.0 Å². The molecule has 0 atom stereocenters. The van der Waals surface area contributed by atoms with Crippen LogP contribution in [-0.4, -0.2) is 64.5 Å². The van der Waals surface area contributed by atoms with Crippen molar-refractivity contribution in [2.75, 3.05) is 26.2 Å². The molecule has 0 radical (unpaired) electrons. The highest BCUT2D eigenvalue weighted by atomic mass is 32.2. The third-order valence-corrected chi connectivity index (χ3v) is 7.98. The van der Waals surface area contributed by atoms with Gasteiger partial charge in [0, 0.05) is 49.2 Å². The Morgan fingerprint density at radius 1 is 1.09 bits per heavy atom. The van der Waals surface area contributed by atoms with E-state index in [1.54, 1.807) is 17.2 Å². The molecule has 1 aliphatic heterocycles. The zero-order valence-corrected chi connectivity index (χ0v) is 20.3. The molecule has 1 amide bonds. The highest BCUT2D eigenvalue weighted by molar-refractivity contribution is 7.92. The van der Waals surface area contributed by atoms with E-state index < -0.39 is 10.0 Å². The van der Waals surface area contributed by atoms with E-state index in [1.165, 1.54) is 9.71 Å². The van der Waals surface area contributed by atoms with Gasteiger partial charge in [-0.25, -0.2) is 18.1 Å². The lowest BCUT2D eigenvalue weighted by Gasteiger charge is -2.33. The van der Waals surface area contributed by atoms with Crippen molar-refractivity contribution in [1.29, 1.82) is 0 Å². The average molecular weight is 480 g/mol. The molecule has 3 heterocycles. The molecule has 0 unspecified atom stereocenters. The molecular formula is C25H29N5O3S. The van der Waals surface area contributed by atoms with E-state index >= 15 is 0 Å². The van der Waals surface area contributed by atoms with Gasteiger partial charge in [0.2, 0.25) is 10.0 Å². The third-order valence-electron chi connectivity index (χ3n) is 6.42. The molecule has 3 aromatic rings. The van der Waals surface area contributed by atoms with E-state index in [4.69, 9.17) is 4.98 Å². The van der Waals surface area contributed by atoms with E-state index in [0.717, 1.165) is 35.1 Å². The van der Waals surface area contributed by atoms with Gasteiger partial charge in [0.15, 0.2) is 5.65 Å². The number of carbonyl (C=O) groups is 1. The average Bonchev–Trinajstić information content (AvgIpc) is 3.61. The van der Waals surface area contributed by atoms with Crippen LogP contribution in [0.2, 0.25) is 0 Å². The number of hydrogen-bond acceptors (Lipinski definition) is 5. The van der Waals surface area contributed by atoms with Crippen LogP contribution < -0.4 is 0 Å². The lowest BCUT2D eigenvalue weighted by molar-refractivity contribution is 0.0700. The number of fused-ring (bicyclic) bond motifs is 1. The second kappa shape index (κ2) is 8.96. The number of sulfonamides is 1. The minimum absolute atomic E-state index is 0.0884. The van der Waals surface area contributed by atoms with Crippen LogP contribution in [0.5, 0.6) is 0 Å². The van der Waals surface area contributed by atoms with E-state index in [1.807, 2.05) is 54.9 Å². The highest BCUT2D eigenvalue weighted by Crippen LogP contribution is 2.40. The summed E-state index contributed by atoms with van der Waals surface area (Å²) in [5, 5.41) is 6.48. The number of rotatable bonds is 6. The van der Waals surface area contributed by atoms with Crippen molar-refractivity contribution in [3.05, 3.63) is 64.8 Å². The maximum Gasteiger partial charge on any atom is 0.254 e. The molecule has 2 fully saturated rings. The van der Waals surface area contributed by atoms with Gasteiger partial charge in [-0.1, -0.05) is 30.3 Å². The summed E-state index contributed by atoms with van der Waals surface area (Å²) in [5.74, 6) is 0.319. The van der Waals surface area contributed by atoms with Crippen LogP contribution in [0, 0.1) is 0 Å². The van der Waals surface area contributed by atoms with Crippen molar-refractivity contribution >= 4 is 33.0 Å². The number of hydrogen-bond donors (Lipinski definition) is 0. The van der Waals surface area contributed by atoms with Crippen LogP contribution in [-0.2, 0) is 10.0 Å². The minimum atomic E-state index is -3.55. The van der Waals surface area contributed by atoms with Crippen LogP contribution >= 0.6 is 0 Å². The molecule has 1 aromatic carbocycles. The Kier molecular flexibility index (Phi) is 5.99. The molecule has 0 spiro atoms.